The molecule has 1 aliphatic rings. The molecule has 3 atom stereocenters. The minimum absolute atomic E-state index is 0.0995. The van der Waals surface area contributed by atoms with Crippen molar-refractivity contribution in [2.45, 2.75) is 38.1 Å². The van der Waals surface area contributed by atoms with E-state index >= 15 is 0 Å². The zero-order valence-electron chi connectivity index (χ0n) is 21.6. The van der Waals surface area contributed by atoms with Crippen molar-refractivity contribution in [2.75, 3.05) is 7.11 Å². The van der Waals surface area contributed by atoms with Gasteiger partial charge in [0.15, 0.2) is 5.90 Å². The Bertz CT molecular complexity index is 1210. The van der Waals surface area contributed by atoms with Crippen LogP contribution in [0.25, 0.3) is 0 Å². The summed E-state index contributed by atoms with van der Waals surface area (Å²) in [5.41, 5.74) is 3.32. The van der Waals surface area contributed by atoms with Gasteiger partial charge in [0, 0.05) is 0 Å². The standard InChI is InChI=1S/C33H33NO3/c1-4-30-31(36-32(30)34-28-20-22-29(35-3)23-21-28)24(2)37-33(25-14-8-5-9-15-25,26-16-10-6-11-17-26)27-18-12-7-13-19-27/h5-24,30-31H,4H2,1-3H3/t24-,30+,31-/m0/s1. The van der Waals surface area contributed by atoms with Crippen molar-refractivity contribution in [3.8, 4) is 5.75 Å². The summed E-state index contributed by atoms with van der Waals surface area (Å²) in [7, 11) is 1.66. The maximum atomic E-state index is 7.16. The number of nitrogens with zero attached hydrogens (tertiary/aromatic N) is 1. The van der Waals surface area contributed by atoms with E-state index in [1.807, 2.05) is 42.5 Å². The first-order valence-corrected chi connectivity index (χ1v) is 12.9. The molecule has 188 valence electrons. The molecule has 0 aromatic heterocycles. The second-order valence-corrected chi connectivity index (χ2v) is 9.35. The van der Waals surface area contributed by atoms with E-state index in [9.17, 15) is 0 Å². The summed E-state index contributed by atoms with van der Waals surface area (Å²) in [5, 5.41) is 0. The van der Waals surface area contributed by atoms with Crippen LogP contribution in [0.15, 0.2) is 120 Å². The molecule has 4 aromatic carbocycles. The number of aliphatic imine (C=N–C) groups is 1. The van der Waals surface area contributed by atoms with Gasteiger partial charge in [-0.25, -0.2) is 4.99 Å². The molecule has 0 radical (unpaired) electrons. The minimum atomic E-state index is -0.784. The largest absolute Gasteiger partial charge is 0.497 e. The Balaban J connectivity index is 1.49. The molecule has 1 saturated heterocycles. The van der Waals surface area contributed by atoms with Crippen molar-refractivity contribution in [3.05, 3.63) is 132 Å². The molecule has 1 aliphatic heterocycles. The third-order valence-electron chi connectivity index (χ3n) is 7.09. The molecule has 0 unspecified atom stereocenters. The van der Waals surface area contributed by atoms with Gasteiger partial charge in [-0.1, -0.05) is 97.9 Å². The zero-order chi connectivity index (χ0) is 25.7. The zero-order valence-corrected chi connectivity index (χ0v) is 21.6. The first-order chi connectivity index (χ1) is 18.2. The SMILES string of the molecule is CC[C@H]1C(=Nc2ccc(OC)cc2)O[C@H]1[C@H](C)OC(c1ccccc1)(c1ccccc1)c1ccccc1. The molecule has 0 saturated carbocycles. The highest BCUT2D eigenvalue weighted by atomic mass is 16.6. The van der Waals surface area contributed by atoms with Crippen molar-refractivity contribution in [2.24, 2.45) is 10.9 Å². The highest BCUT2D eigenvalue weighted by molar-refractivity contribution is 5.86. The molecule has 5 rings (SSSR count). The fraction of sp³-hybridized carbons (Fsp3) is 0.242. The first kappa shape index (κ1) is 24.8. The number of rotatable bonds is 9. The van der Waals surface area contributed by atoms with Crippen molar-refractivity contribution in [1.29, 1.82) is 0 Å². The molecule has 0 bridgehead atoms. The molecule has 0 spiro atoms. The fourth-order valence-electron chi connectivity index (χ4n) is 5.17. The van der Waals surface area contributed by atoms with E-state index in [1.54, 1.807) is 7.11 Å². The second kappa shape index (κ2) is 11.0. The molecule has 1 fully saturated rings. The maximum Gasteiger partial charge on any atom is 0.195 e. The van der Waals surface area contributed by atoms with Crippen LogP contribution in [0.2, 0.25) is 0 Å². The van der Waals surface area contributed by atoms with E-state index in [4.69, 9.17) is 19.2 Å². The molecule has 0 amide bonds. The van der Waals surface area contributed by atoms with Gasteiger partial charge in [0.05, 0.1) is 24.8 Å². The van der Waals surface area contributed by atoms with Crippen molar-refractivity contribution in [1.82, 2.24) is 0 Å². The van der Waals surface area contributed by atoms with E-state index in [2.05, 4.69) is 86.6 Å². The summed E-state index contributed by atoms with van der Waals surface area (Å²) < 4.78 is 18.7. The maximum absolute atomic E-state index is 7.16. The molecule has 4 aromatic rings. The van der Waals surface area contributed by atoms with Crippen LogP contribution in [0, 0.1) is 5.92 Å². The third-order valence-corrected chi connectivity index (χ3v) is 7.09. The number of methoxy groups -OCH3 is 1. The van der Waals surface area contributed by atoms with Gasteiger partial charge in [0.2, 0.25) is 0 Å². The van der Waals surface area contributed by atoms with Crippen LogP contribution in [-0.4, -0.2) is 25.2 Å². The first-order valence-electron chi connectivity index (χ1n) is 12.9. The van der Waals surface area contributed by atoms with Crippen LogP contribution in [0.4, 0.5) is 5.69 Å². The Kier molecular flexibility index (Phi) is 7.38. The molecule has 0 N–H and O–H groups in total. The lowest BCUT2D eigenvalue weighted by Gasteiger charge is -2.45. The van der Waals surface area contributed by atoms with Crippen molar-refractivity contribution in [3.63, 3.8) is 0 Å². The molecule has 37 heavy (non-hydrogen) atoms. The lowest BCUT2D eigenvalue weighted by molar-refractivity contribution is -0.123. The van der Waals surface area contributed by atoms with E-state index in [0.717, 1.165) is 40.4 Å². The predicted molar refractivity (Wildman–Crippen MR) is 148 cm³/mol. The van der Waals surface area contributed by atoms with Crippen LogP contribution in [0.5, 0.6) is 5.75 Å². The summed E-state index contributed by atoms with van der Waals surface area (Å²) >= 11 is 0. The van der Waals surface area contributed by atoms with Gasteiger partial charge in [-0.15, -0.1) is 0 Å². The van der Waals surface area contributed by atoms with E-state index in [0.29, 0.717) is 0 Å². The molecular formula is C33H33NO3. The highest BCUT2D eigenvalue weighted by Gasteiger charge is 2.47. The quantitative estimate of drug-likeness (QED) is 0.227. The lowest BCUT2D eigenvalue weighted by Crippen LogP contribution is -2.53. The van der Waals surface area contributed by atoms with Crippen LogP contribution >= 0.6 is 0 Å². The van der Waals surface area contributed by atoms with Gasteiger partial charge in [0.1, 0.15) is 17.5 Å². The molecule has 1 heterocycles. The van der Waals surface area contributed by atoms with Gasteiger partial charge in [-0.05, 0) is 54.3 Å². The Morgan fingerprint density at radius 2 is 1.24 bits per heavy atom. The average Bonchev–Trinajstić information content (AvgIpc) is 2.95. The topological polar surface area (TPSA) is 40.0 Å². The molecule has 0 aliphatic carbocycles. The second-order valence-electron chi connectivity index (χ2n) is 9.35. The smallest absolute Gasteiger partial charge is 0.195 e. The number of benzene rings is 4. The Labute approximate surface area is 219 Å². The Hall–Kier alpha value is -3.89. The fourth-order valence-corrected chi connectivity index (χ4v) is 5.17. The number of hydrogen-bond acceptors (Lipinski definition) is 4. The monoisotopic (exact) mass is 491 g/mol. The summed E-state index contributed by atoms with van der Waals surface area (Å²) in [5.74, 6) is 1.75. The van der Waals surface area contributed by atoms with Crippen LogP contribution < -0.4 is 4.74 Å². The summed E-state index contributed by atoms with van der Waals surface area (Å²) in [4.78, 5) is 4.78. The third kappa shape index (κ3) is 4.90. The van der Waals surface area contributed by atoms with E-state index in [1.165, 1.54) is 0 Å². The minimum Gasteiger partial charge on any atom is -0.497 e. The van der Waals surface area contributed by atoms with Crippen LogP contribution in [0.3, 0.4) is 0 Å². The normalized spacial score (nSPS) is 19.1. The highest BCUT2D eigenvalue weighted by Crippen LogP contribution is 2.44. The van der Waals surface area contributed by atoms with Gasteiger partial charge in [-0.3, -0.25) is 0 Å². The summed E-state index contributed by atoms with van der Waals surface area (Å²) in [6.45, 7) is 4.29. The molecular weight excluding hydrogens is 458 g/mol. The van der Waals surface area contributed by atoms with Crippen LogP contribution in [-0.2, 0) is 15.1 Å². The number of hydrogen-bond donors (Lipinski definition) is 0. The van der Waals surface area contributed by atoms with E-state index in [-0.39, 0.29) is 18.1 Å². The van der Waals surface area contributed by atoms with Gasteiger partial charge in [0.25, 0.3) is 0 Å². The Morgan fingerprint density at radius 3 is 1.68 bits per heavy atom. The summed E-state index contributed by atoms with van der Waals surface area (Å²) in [6, 6.07) is 39.1. The van der Waals surface area contributed by atoms with Crippen LogP contribution in [0.1, 0.15) is 37.0 Å². The molecule has 4 nitrogen and oxygen atoms in total. The lowest BCUT2D eigenvalue weighted by atomic mass is 9.79. The van der Waals surface area contributed by atoms with Gasteiger partial charge in [-0.2, -0.15) is 0 Å². The van der Waals surface area contributed by atoms with Gasteiger partial charge >= 0.3 is 0 Å². The summed E-state index contributed by atoms with van der Waals surface area (Å²) in [6.07, 6.45) is 0.625. The van der Waals surface area contributed by atoms with Crippen molar-refractivity contribution < 1.29 is 14.2 Å². The predicted octanol–water partition coefficient (Wildman–Crippen LogP) is 7.55. The Morgan fingerprint density at radius 1 is 0.757 bits per heavy atom. The molecule has 4 heteroatoms. The van der Waals surface area contributed by atoms with Crippen molar-refractivity contribution >= 4 is 11.6 Å². The van der Waals surface area contributed by atoms with Gasteiger partial charge < -0.3 is 14.2 Å². The van der Waals surface area contributed by atoms with E-state index < -0.39 is 5.60 Å². The number of ether oxygens (including phenoxy) is 3. The average molecular weight is 492 g/mol.